The van der Waals surface area contributed by atoms with Gasteiger partial charge in [-0.3, -0.25) is 4.79 Å². The molecule has 1 heterocycles. The molecule has 0 atom stereocenters. The highest BCUT2D eigenvalue weighted by Gasteiger charge is 2.15. The smallest absolute Gasteiger partial charge is 0.248 e. The van der Waals surface area contributed by atoms with Crippen molar-refractivity contribution in [2.24, 2.45) is 5.41 Å². The molecule has 1 aromatic carbocycles. The molecule has 0 amide bonds. The van der Waals surface area contributed by atoms with E-state index in [-0.39, 0.29) is 5.56 Å². The highest BCUT2D eigenvalue weighted by molar-refractivity contribution is 5.81. The fraction of sp³-hybridized carbons (Fsp3) is 0.438. The van der Waals surface area contributed by atoms with Crippen molar-refractivity contribution in [3.8, 4) is 0 Å². The molecule has 0 radical (unpaired) electrons. The van der Waals surface area contributed by atoms with E-state index in [1.165, 1.54) is 5.39 Å². The van der Waals surface area contributed by atoms with Crippen molar-refractivity contribution in [2.45, 2.75) is 40.0 Å². The van der Waals surface area contributed by atoms with Gasteiger partial charge in [-0.1, -0.05) is 45.4 Å². The maximum absolute atomic E-state index is 11.6. The Balaban J connectivity index is 2.36. The molecule has 2 rings (SSSR count). The van der Waals surface area contributed by atoms with Crippen molar-refractivity contribution in [1.82, 2.24) is 4.98 Å². The van der Waals surface area contributed by atoms with Crippen molar-refractivity contribution in [1.29, 1.82) is 0 Å². The molecule has 0 aliphatic carbocycles. The first kappa shape index (κ1) is 12.9. The fourth-order valence-corrected chi connectivity index (χ4v) is 2.13. The van der Waals surface area contributed by atoms with Crippen LogP contribution in [-0.2, 0) is 6.42 Å². The number of fused-ring (bicyclic) bond motifs is 1. The van der Waals surface area contributed by atoms with E-state index >= 15 is 0 Å². The number of hydrogen-bond donors (Lipinski definition) is 1. The van der Waals surface area contributed by atoms with Crippen molar-refractivity contribution >= 4 is 10.9 Å². The van der Waals surface area contributed by atoms with Crippen LogP contribution in [0.4, 0.5) is 0 Å². The second kappa shape index (κ2) is 4.97. The van der Waals surface area contributed by atoms with Crippen molar-refractivity contribution in [2.75, 3.05) is 0 Å². The number of nitrogens with one attached hydrogen (secondary N) is 1. The Bertz CT molecular complexity index is 595. The monoisotopic (exact) mass is 243 g/mol. The molecule has 0 saturated carbocycles. The molecule has 2 aromatic rings. The van der Waals surface area contributed by atoms with E-state index in [4.69, 9.17) is 0 Å². The van der Waals surface area contributed by atoms with Crippen LogP contribution in [0.1, 0.15) is 39.2 Å². The summed E-state index contributed by atoms with van der Waals surface area (Å²) in [7, 11) is 0. The number of benzene rings is 1. The van der Waals surface area contributed by atoms with Gasteiger partial charge < -0.3 is 4.98 Å². The lowest BCUT2D eigenvalue weighted by Gasteiger charge is -2.22. The van der Waals surface area contributed by atoms with Crippen molar-refractivity contribution in [3.63, 3.8) is 0 Å². The first-order chi connectivity index (χ1) is 8.52. The number of aromatic nitrogens is 1. The largest absolute Gasteiger partial charge is 0.322 e. The predicted molar refractivity (Wildman–Crippen MR) is 77.0 cm³/mol. The highest BCUT2D eigenvalue weighted by atomic mass is 16.1. The van der Waals surface area contributed by atoms with Gasteiger partial charge in [-0.25, -0.2) is 0 Å². The summed E-state index contributed by atoms with van der Waals surface area (Å²) in [6, 6.07) is 9.77. The molecule has 0 aliphatic heterocycles. The van der Waals surface area contributed by atoms with Gasteiger partial charge in [-0.05, 0) is 29.9 Å². The third kappa shape index (κ3) is 2.81. The minimum absolute atomic E-state index is 0.00185. The molecule has 0 saturated heterocycles. The number of hydrogen-bond acceptors (Lipinski definition) is 1. The maximum Gasteiger partial charge on any atom is 0.248 e. The Kier molecular flexibility index (Phi) is 3.55. The molecule has 0 aliphatic rings. The summed E-state index contributed by atoms with van der Waals surface area (Å²) >= 11 is 0. The number of para-hydroxylation sites is 1. The SMILES string of the molecule is CCC(C)(C)CCc1cc(=O)[nH]c2ccccc12. The second-order valence-electron chi connectivity index (χ2n) is 5.72. The topological polar surface area (TPSA) is 32.9 Å². The van der Waals surface area contributed by atoms with Gasteiger partial charge in [-0.15, -0.1) is 0 Å². The summed E-state index contributed by atoms with van der Waals surface area (Å²) in [5, 5.41) is 1.17. The third-order valence-corrected chi connectivity index (χ3v) is 3.86. The summed E-state index contributed by atoms with van der Waals surface area (Å²) in [5.74, 6) is 0. The zero-order chi connectivity index (χ0) is 13.2. The Labute approximate surface area is 108 Å². The molecule has 0 bridgehead atoms. The van der Waals surface area contributed by atoms with Gasteiger partial charge in [0.05, 0.1) is 0 Å². The lowest BCUT2D eigenvalue weighted by atomic mass is 9.83. The molecule has 1 N–H and O–H groups in total. The van der Waals surface area contributed by atoms with E-state index in [0.717, 1.165) is 30.3 Å². The van der Waals surface area contributed by atoms with E-state index in [1.54, 1.807) is 6.07 Å². The number of aromatic amines is 1. The van der Waals surface area contributed by atoms with Crippen LogP contribution >= 0.6 is 0 Å². The molecule has 2 heteroatoms. The lowest BCUT2D eigenvalue weighted by molar-refractivity contribution is 0.323. The van der Waals surface area contributed by atoms with Gasteiger partial charge in [0.15, 0.2) is 0 Å². The van der Waals surface area contributed by atoms with Crippen LogP contribution in [0, 0.1) is 5.41 Å². The zero-order valence-electron chi connectivity index (χ0n) is 11.4. The average Bonchev–Trinajstić information content (AvgIpc) is 2.36. The van der Waals surface area contributed by atoms with E-state index in [1.807, 2.05) is 18.2 Å². The lowest BCUT2D eigenvalue weighted by Crippen LogP contribution is -2.13. The summed E-state index contributed by atoms with van der Waals surface area (Å²) < 4.78 is 0. The Morgan fingerprint density at radius 2 is 1.94 bits per heavy atom. The van der Waals surface area contributed by atoms with Gasteiger partial charge in [-0.2, -0.15) is 0 Å². The van der Waals surface area contributed by atoms with Gasteiger partial charge in [0, 0.05) is 17.0 Å². The maximum atomic E-state index is 11.6. The summed E-state index contributed by atoms with van der Waals surface area (Å²) in [5.41, 5.74) is 2.44. The average molecular weight is 243 g/mol. The molecule has 2 nitrogen and oxygen atoms in total. The van der Waals surface area contributed by atoms with E-state index in [0.29, 0.717) is 5.41 Å². The fourth-order valence-electron chi connectivity index (χ4n) is 2.13. The molecular weight excluding hydrogens is 222 g/mol. The minimum atomic E-state index is -0.00185. The predicted octanol–water partition coefficient (Wildman–Crippen LogP) is 3.90. The van der Waals surface area contributed by atoms with Gasteiger partial charge in [0.25, 0.3) is 0 Å². The quantitative estimate of drug-likeness (QED) is 0.868. The van der Waals surface area contributed by atoms with Crippen molar-refractivity contribution in [3.05, 3.63) is 46.2 Å². The summed E-state index contributed by atoms with van der Waals surface area (Å²) in [4.78, 5) is 14.5. The zero-order valence-corrected chi connectivity index (χ0v) is 11.4. The summed E-state index contributed by atoms with van der Waals surface area (Å²) in [6.07, 6.45) is 3.23. The Hall–Kier alpha value is -1.57. The summed E-state index contributed by atoms with van der Waals surface area (Å²) in [6.45, 7) is 6.78. The van der Waals surface area contributed by atoms with E-state index in [9.17, 15) is 4.79 Å². The number of aryl methyl sites for hydroxylation is 1. The number of rotatable bonds is 4. The highest BCUT2D eigenvalue weighted by Crippen LogP contribution is 2.27. The molecule has 0 spiro atoms. The first-order valence-electron chi connectivity index (χ1n) is 6.63. The normalized spacial score (nSPS) is 11.9. The van der Waals surface area contributed by atoms with E-state index < -0.39 is 0 Å². The Morgan fingerprint density at radius 3 is 2.67 bits per heavy atom. The van der Waals surface area contributed by atoms with E-state index in [2.05, 4.69) is 31.8 Å². The second-order valence-corrected chi connectivity index (χ2v) is 5.72. The van der Waals surface area contributed by atoms with Crippen LogP contribution in [-0.4, -0.2) is 4.98 Å². The molecule has 18 heavy (non-hydrogen) atoms. The van der Waals surface area contributed by atoms with Crippen LogP contribution in [0.2, 0.25) is 0 Å². The third-order valence-electron chi connectivity index (χ3n) is 3.86. The van der Waals surface area contributed by atoms with Crippen LogP contribution in [0.5, 0.6) is 0 Å². The molecule has 96 valence electrons. The van der Waals surface area contributed by atoms with Crippen LogP contribution < -0.4 is 5.56 Å². The Morgan fingerprint density at radius 1 is 1.22 bits per heavy atom. The molecule has 0 fully saturated rings. The van der Waals surface area contributed by atoms with Gasteiger partial charge in [0.1, 0.15) is 0 Å². The molecular formula is C16H21NO. The van der Waals surface area contributed by atoms with Gasteiger partial charge in [0.2, 0.25) is 5.56 Å². The first-order valence-corrected chi connectivity index (χ1v) is 6.63. The van der Waals surface area contributed by atoms with Crippen LogP contribution in [0.25, 0.3) is 10.9 Å². The molecule has 1 aromatic heterocycles. The van der Waals surface area contributed by atoms with Crippen molar-refractivity contribution < 1.29 is 0 Å². The van der Waals surface area contributed by atoms with Crippen LogP contribution in [0.3, 0.4) is 0 Å². The standard InChI is InChI=1S/C16H21NO/c1-4-16(2,3)10-9-12-11-15(18)17-14-8-6-5-7-13(12)14/h5-8,11H,4,9-10H2,1-3H3,(H,17,18). The van der Waals surface area contributed by atoms with Gasteiger partial charge >= 0.3 is 0 Å². The van der Waals surface area contributed by atoms with Crippen LogP contribution in [0.15, 0.2) is 35.1 Å². The number of H-pyrrole nitrogens is 1. The molecule has 0 unspecified atom stereocenters. The number of pyridine rings is 1. The minimum Gasteiger partial charge on any atom is -0.322 e.